The van der Waals surface area contributed by atoms with Crippen LogP contribution in [0.3, 0.4) is 0 Å². The molecule has 4 aromatic rings. The number of benzene rings is 1. The van der Waals surface area contributed by atoms with Crippen LogP contribution in [0.25, 0.3) is 22.1 Å². The summed E-state index contributed by atoms with van der Waals surface area (Å²) >= 11 is 0. The van der Waals surface area contributed by atoms with E-state index >= 15 is 0 Å². The molecular formula is C20H24N6O4. The lowest BCUT2D eigenvalue weighted by Crippen LogP contribution is -2.33. The topological polar surface area (TPSA) is 141 Å². The Morgan fingerprint density at radius 3 is 2.83 bits per heavy atom. The van der Waals surface area contributed by atoms with Crippen molar-refractivity contribution in [3.8, 4) is 0 Å². The molecule has 0 bridgehead atoms. The number of imidazole rings is 1. The molecule has 0 saturated heterocycles. The molecule has 5 N–H and O–H groups in total. The van der Waals surface area contributed by atoms with Gasteiger partial charge in [0.2, 0.25) is 6.41 Å². The van der Waals surface area contributed by atoms with E-state index < -0.39 is 25.2 Å². The van der Waals surface area contributed by atoms with Crippen LogP contribution in [-0.2, 0) is 11.2 Å². The minimum absolute atomic E-state index is 0.370. The SMILES string of the molecule is CC(O)C(CO)O[C@H](O)n1cnc2c(NCCc3c[nH]c4ccccc34)ncnc21. The van der Waals surface area contributed by atoms with Gasteiger partial charge in [-0.1, -0.05) is 18.2 Å². The molecule has 0 aliphatic heterocycles. The maximum atomic E-state index is 10.3. The average Bonchev–Trinajstić information content (AvgIpc) is 3.36. The maximum Gasteiger partial charge on any atom is 0.244 e. The first-order valence-electron chi connectivity index (χ1n) is 9.67. The number of nitrogens with one attached hydrogen (secondary N) is 2. The molecule has 0 amide bonds. The van der Waals surface area contributed by atoms with Crippen molar-refractivity contribution in [2.45, 2.75) is 32.0 Å². The standard InChI is InChI=1S/C20H24N6O4/c1-12(28)16(9-27)30-20(29)26-11-25-17-18(23-10-24-19(17)26)21-7-6-13-8-22-15-5-3-2-4-14(13)15/h2-5,8,10-12,16,20,22,27-29H,6-7,9H2,1H3,(H,21,23,24)/t12?,16?,20-/m0/s1. The monoisotopic (exact) mass is 412 g/mol. The number of anilines is 1. The van der Waals surface area contributed by atoms with Crippen LogP contribution in [0.5, 0.6) is 0 Å². The van der Waals surface area contributed by atoms with Crippen LogP contribution < -0.4 is 5.32 Å². The van der Waals surface area contributed by atoms with Crippen LogP contribution in [-0.4, -0.2) is 65.2 Å². The average molecular weight is 412 g/mol. The zero-order valence-electron chi connectivity index (χ0n) is 16.4. The maximum absolute atomic E-state index is 10.3. The van der Waals surface area contributed by atoms with E-state index in [1.165, 1.54) is 35.1 Å². The highest BCUT2D eigenvalue weighted by atomic mass is 16.6. The van der Waals surface area contributed by atoms with Gasteiger partial charge in [-0.15, -0.1) is 0 Å². The van der Waals surface area contributed by atoms with Gasteiger partial charge in [0, 0.05) is 23.6 Å². The number of aromatic nitrogens is 5. The molecule has 0 fully saturated rings. The minimum Gasteiger partial charge on any atom is -0.394 e. The highest BCUT2D eigenvalue weighted by molar-refractivity contribution is 5.84. The van der Waals surface area contributed by atoms with Crippen molar-refractivity contribution in [2.24, 2.45) is 0 Å². The molecule has 0 radical (unpaired) electrons. The summed E-state index contributed by atoms with van der Waals surface area (Å²) in [6, 6.07) is 8.13. The van der Waals surface area contributed by atoms with Crippen LogP contribution >= 0.6 is 0 Å². The fourth-order valence-corrected chi connectivity index (χ4v) is 3.33. The summed E-state index contributed by atoms with van der Waals surface area (Å²) in [5.41, 5.74) is 3.15. The molecule has 30 heavy (non-hydrogen) atoms. The van der Waals surface area contributed by atoms with E-state index in [0.29, 0.717) is 23.5 Å². The third-order valence-electron chi connectivity index (χ3n) is 4.97. The van der Waals surface area contributed by atoms with Crippen LogP contribution in [0, 0.1) is 0 Å². The summed E-state index contributed by atoms with van der Waals surface area (Å²) in [4.78, 5) is 16.0. The third kappa shape index (κ3) is 3.98. The number of hydrogen-bond donors (Lipinski definition) is 5. The predicted octanol–water partition coefficient (Wildman–Crippen LogP) is 1.17. The quantitative estimate of drug-likeness (QED) is 0.258. The smallest absolute Gasteiger partial charge is 0.244 e. The van der Waals surface area contributed by atoms with Gasteiger partial charge in [-0.3, -0.25) is 4.57 Å². The highest BCUT2D eigenvalue weighted by Gasteiger charge is 2.22. The molecule has 10 nitrogen and oxygen atoms in total. The zero-order chi connectivity index (χ0) is 21.1. The number of hydrogen-bond acceptors (Lipinski definition) is 8. The zero-order valence-corrected chi connectivity index (χ0v) is 16.4. The van der Waals surface area contributed by atoms with Gasteiger partial charge in [-0.05, 0) is 25.0 Å². The molecule has 3 heterocycles. The van der Waals surface area contributed by atoms with Crippen LogP contribution in [0.4, 0.5) is 5.82 Å². The van der Waals surface area contributed by atoms with Gasteiger partial charge in [-0.25, -0.2) is 15.0 Å². The van der Waals surface area contributed by atoms with Crippen molar-refractivity contribution >= 4 is 27.9 Å². The van der Waals surface area contributed by atoms with Gasteiger partial charge in [-0.2, -0.15) is 0 Å². The number of H-pyrrole nitrogens is 1. The first-order valence-corrected chi connectivity index (χ1v) is 9.67. The number of fused-ring (bicyclic) bond motifs is 2. The van der Waals surface area contributed by atoms with E-state index in [1.807, 2.05) is 24.4 Å². The minimum atomic E-state index is -1.46. The third-order valence-corrected chi connectivity index (χ3v) is 4.97. The molecule has 0 aliphatic carbocycles. The summed E-state index contributed by atoms with van der Waals surface area (Å²) in [6.45, 7) is 1.67. The number of rotatable bonds is 9. The van der Waals surface area contributed by atoms with Gasteiger partial charge in [0.15, 0.2) is 17.0 Å². The van der Waals surface area contributed by atoms with Crippen LogP contribution in [0.1, 0.15) is 18.9 Å². The number of aliphatic hydroxyl groups is 3. The fourth-order valence-electron chi connectivity index (χ4n) is 3.33. The van der Waals surface area contributed by atoms with E-state index in [4.69, 9.17) is 4.74 Å². The largest absolute Gasteiger partial charge is 0.394 e. The summed E-state index contributed by atoms with van der Waals surface area (Å²) in [5, 5.41) is 33.7. The molecule has 158 valence electrons. The number of nitrogens with zero attached hydrogens (tertiary/aromatic N) is 4. The second-order valence-electron chi connectivity index (χ2n) is 7.01. The lowest BCUT2D eigenvalue weighted by Gasteiger charge is -2.22. The normalized spacial score (nSPS) is 14.8. The Kier molecular flexibility index (Phi) is 5.91. The van der Waals surface area contributed by atoms with Crippen molar-refractivity contribution in [2.75, 3.05) is 18.5 Å². The highest BCUT2D eigenvalue weighted by Crippen LogP contribution is 2.22. The van der Waals surface area contributed by atoms with Crippen molar-refractivity contribution < 1.29 is 20.1 Å². The Hall–Kier alpha value is -3.05. The van der Waals surface area contributed by atoms with Crippen molar-refractivity contribution in [1.29, 1.82) is 0 Å². The summed E-state index contributed by atoms with van der Waals surface area (Å²) < 4.78 is 6.63. The Balaban J connectivity index is 1.47. The molecule has 2 unspecified atom stereocenters. The van der Waals surface area contributed by atoms with Crippen molar-refractivity contribution in [3.63, 3.8) is 0 Å². The molecule has 3 atom stereocenters. The van der Waals surface area contributed by atoms with Gasteiger partial charge in [0.1, 0.15) is 18.8 Å². The lowest BCUT2D eigenvalue weighted by atomic mass is 10.1. The Morgan fingerprint density at radius 1 is 1.20 bits per heavy atom. The number of ether oxygens (including phenoxy) is 1. The molecule has 4 rings (SSSR count). The van der Waals surface area contributed by atoms with E-state index in [0.717, 1.165) is 11.9 Å². The molecular weight excluding hydrogens is 388 g/mol. The summed E-state index contributed by atoms with van der Waals surface area (Å²) in [6.07, 6.45) is 2.20. The molecule has 0 saturated carbocycles. The van der Waals surface area contributed by atoms with Gasteiger partial charge < -0.3 is 30.4 Å². The lowest BCUT2D eigenvalue weighted by molar-refractivity contribution is -0.210. The number of aliphatic hydroxyl groups excluding tert-OH is 3. The summed E-state index contributed by atoms with van der Waals surface area (Å²) in [5.74, 6) is 0.542. The van der Waals surface area contributed by atoms with Crippen LogP contribution in [0.2, 0.25) is 0 Å². The second-order valence-corrected chi connectivity index (χ2v) is 7.01. The van der Waals surface area contributed by atoms with Crippen molar-refractivity contribution in [1.82, 2.24) is 24.5 Å². The fraction of sp³-hybridized carbons (Fsp3) is 0.350. The van der Waals surface area contributed by atoms with E-state index in [2.05, 4.69) is 31.3 Å². The first kappa shape index (κ1) is 20.2. The summed E-state index contributed by atoms with van der Waals surface area (Å²) in [7, 11) is 0. The number of para-hydroxylation sites is 1. The van der Waals surface area contributed by atoms with E-state index in [-0.39, 0.29) is 0 Å². The van der Waals surface area contributed by atoms with Crippen molar-refractivity contribution in [3.05, 3.63) is 48.7 Å². The van der Waals surface area contributed by atoms with Gasteiger partial charge >= 0.3 is 0 Å². The molecule has 0 aliphatic rings. The van der Waals surface area contributed by atoms with Crippen LogP contribution in [0.15, 0.2) is 43.1 Å². The molecule has 1 aromatic carbocycles. The molecule has 10 heteroatoms. The second kappa shape index (κ2) is 8.76. The van der Waals surface area contributed by atoms with Gasteiger partial charge in [0.05, 0.1) is 12.7 Å². The van der Waals surface area contributed by atoms with Gasteiger partial charge in [0.25, 0.3) is 0 Å². The Morgan fingerprint density at radius 2 is 2.03 bits per heavy atom. The van der Waals surface area contributed by atoms with E-state index in [9.17, 15) is 15.3 Å². The molecule has 0 spiro atoms. The van der Waals surface area contributed by atoms with E-state index in [1.54, 1.807) is 0 Å². The number of aromatic amines is 1. The Labute approximate surface area is 172 Å². The first-order chi connectivity index (χ1) is 14.6. The predicted molar refractivity (Wildman–Crippen MR) is 111 cm³/mol. The molecule has 3 aromatic heterocycles. The Bertz CT molecular complexity index is 1120.